The Labute approximate surface area is 185 Å². The average molecular weight is 428 g/mol. The molecule has 0 unspecified atom stereocenters. The number of nitrogens with one attached hydrogen (secondary N) is 1. The van der Waals surface area contributed by atoms with E-state index in [9.17, 15) is 9.59 Å². The zero-order valence-corrected chi connectivity index (χ0v) is 18.0. The summed E-state index contributed by atoms with van der Waals surface area (Å²) in [5.41, 5.74) is 5.00. The average Bonchev–Trinajstić information content (AvgIpc) is 3.19. The molecule has 8 heteroatoms. The molecule has 0 bridgehead atoms. The summed E-state index contributed by atoms with van der Waals surface area (Å²) in [6, 6.07) is 13.5. The minimum Gasteiger partial charge on any atom is -0.353 e. The zero-order valence-electron chi connectivity index (χ0n) is 18.0. The molecular weight excluding hydrogens is 404 g/mol. The number of nitrogens with zero attached hydrogens (tertiary/aromatic N) is 5. The summed E-state index contributed by atoms with van der Waals surface area (Å²) >= 11 is 0. The molecule has 0 radical (unpaired) electrons. The number of amides is 1. The third-order valence-electron chi connectivity index (χ3n) is 5.94. The number of hydrogen-bond acceptors (Lipinski definition) is 5. The maximum absolute atomic E-state index is 12.6. The van der Waals surface area contributed by atoms with Crippen LogP contribution < -0.4 is 15.8 Å². The van der Waals surface area contributed by atoms with Crippen molar-refractivity contribution in [2.45, 2.75) is 13.5 Å². The molecule has 1 aromatic carbocycles. The first-order valence-electron chi connectivity index (χ1n) is 10.6. The van der Waals surface area contributed by atoms with Crippen molar-refractivity contribution in [2.75, 3.05) is 18.0 Å². The van der Waals surface area contributed by atoms with Gasteiger partial charge >= 0.3 is 0 Å². The SMILES string of the molecule is Cc1ccc(CNC(=O)C2CN(c3ncnn4cc(-c5ccc(=O)n(C)c5)cc34)C2)cc1. The molecule has 1 aliphatic rings. The van der Waals surface area contributed by atoms with E-state index >= 15 is 0 Å². The van der Waals surface area contributed by atoms with Crippen LogP contribution in [0, 0.1) is 12.8 Å². The van der Waals surface area contributed by atoms with E-state index in [0.717, 1.165) is 28.0 Å². The van der Waals surface area contributed by atoms with Crippen molar-refractivity contribution in [3.05, 3.63) is 82.7 Å². The lowest BCUT2D eigenvalue weighted by molar-refractivity contribution is -0.125. The summed E-state index contributed by atoms with van der Waals surface area (Å²) in [6.07, 6.45) is 5.26. The van der Waals surface area contributed by atoms with E-state index in [4.69, 9.17) is 0 Å². The molecule has 0 saturated carbocycles. The lowest BCUT2D eigenvalue weighted by atomic mass is 9.99. The van der Waals surface area contributed by atoms with E-state index in [1.54, 1.807) is 22.2 Å². The first-order chi connectivity index (χ1) is 15.5. The van der Waals surface area contributed by atoms with Crippen LogP contribution >= 0.6 is 0 Å². The summed E-state index contributed by atoms with van der Waals surface area (Å²) in [6.45, 7) is 3.82. The molecule has 0 atom stereocenters. The minimum atomic E-state index is -0.0615. The zero-order chi connectivity index (χ0) is 22.2. The normalized spacial score (nSPS) is 13.9. The maximum atomic E-state index is 12.6. The van der Waals surface area contributed by atoms with Gasteiger partial charge in [0.15, 0.2) is 5.82 Å². The molecule has 0 spiro atoms. The number of carbonyl (C=O) groups excluding carboxylic acids is 1. The Kier molecular flexibility index (Phi) is 4.97. The fourth-order valence-corrected chi connectivity index (χ4v) is 3.94. The van der Waals surface area contributed by atoms with E-state index < -0.39 is 0 Å². The highest BCUT2D eigenvalue weighted by Crippen LogP contribution is 2.30. The molecule has 0 aliphatic carbocycles. The van der Waals surface area contributed by atoms with E-state index in [0.29, 0.717) is 19.6 Å². The maximum Gasteiger partial charge on any atom is 0.250 e. The summed E-state index contributed by atoms with van der Waals surface area (Å²) in [5.74, 6) is 0.806. The number of aryl methyl sites for hydroxylation is 2. The van der Waals surface area contributed by atoms with Gasteiger partial charge in [-0.2, -0.15) is 5.10 Å². The third-order valence-corrected chi connectivity index (χ3v) is 5.94. The van der Waals surface area contributed by atoms with Crippen LogP contribution in [0.4, 0.5) is 5.82 Å². The van der Waals surface area contributed by atoms with Crippen molar-refractivity contribution < 1.29 is 4.79 Å². The Hall–Kier alpha value is -3.94. The van der Waals surface area contributed by atoms with Gasteiger partial charge in [-0.15, -0.1) is 0 Å². The Morgan fingerprint density at radius 2 is 1.88 bits per heavy atom. The fourth-order valence-electron chi connectivity index (χ4n) is 3.94. The molecule has 4 heterocycles. The monoisotopic (exact) mass is 428 g/mol. The predicted molar refractivity (Wildman–Crippen MR) is 122 cm³/mol. The van der Waals surface area contributed by atoms with E-state index in [1.807, 2.05) is 55.7 Å². The van der Waals surface area contributed by atoms with Crippen molar-refractivity contribution in [3.8, 4) is 11.1 Å². The van der Waals surface area contributed by atoms with Crippen molar-refractivity contribution in [2.24, 2.45) is 13.0 Å². The van der Waals surface area contributed by atoms with Gasteiger partial charge in [0.25, 0.3) is 0 Å². The van der Waals surface area contributed by atoms with E-state index in [2.05, 4.69) is 20.3 Å². The van der Waals surface area contributed by atoms with E-state index in [1.165, 1.54) is 11.9 Å². The third kappa shape index (κ3) is 3.75. The number of carbonyl (C=O) groups is 1. The predicted octanol–water partition coefficient (Wildman–Crippen LogP) is 2.16. The van der Waals surface area contributed by atoms with Gasteiger partial charge in [0.05, 0.1) is 5.92 Å². The van der Waals surface area contributed by atoms with Crippen LogP contribution in [0.15, 0.2) is 66.0 Å². The topological polar surface area (TPSA) is 84.5 Å². The molecule has 8 nitrogen and oxygen atoms in total. The van der Waals surface area contributed by atoms with Gasteiger partial charge in [-0.3, -0.25) is 9.59 Å². The summed E-state index contributed by atoms with van der Waals surface area (Å²) in [7, 11) is 1.73. The molecule has 162 valence electrons. The second-order valence-electron chi connectivity index (χ2n) is 8.31. The van der Waals surface area contributed by atoms with Crippen molar-refractivity contribution in [1.29, 1.82) is 0 Å². The smallest absolute Gasteiger partial charge is 0.250 e. The van der Waals surface area contributed by atoms with Crippen LogP contribution in [-0.2, 0) is 18.4 Å². The molecule has 1 fully saturated rings. The molecule has 32 heavy (non-hydrogen) atoms. The molecule has 1 amide bonds. The minimum absolute atomic E-state index is 0.0507. The van der Waals surface area contributed by atoms with Crippen LogP contribution in [-0.4, -0.2) is 38.2 Å². The molecule has 4 aromatic rings. The summed E-state index contributed by atoms with van der Waals surface area (Å²) < 4.78 is 3.34. The molecule has 3 aromatic heterocycles. The highest BCUT2D eigenvalue weighted by atomic mass is 16.2. The number of anilines is 1. The van der Waals surface area contributed by atoms with Gasteiger partial charge in [0.1, 0.15) is 11.8 Å². The first kappa shape index (κ1) is 20.0. The lowest BCUT2D eigenvalue weighted by Gasteiger charge is -2.39. The Morgan fingerprint density at radius 3 is 2.62 bits per heavy atom. The van der Waals surface area contributed by atoms with Crippen molar-refractivity contribution >= 4 is 17.2 Å². The summed E-state index contributed by atoms with van der Waals surface area (Å²) in [4.78, 5) is 30.8. The van der Waals surface area contributed by atoms with Crippen LogP contribution in [0.2, 0.25) is 0 Å². The number of hydrogen-bond donors (Lipinski definition) is 1. The molecule has 1 N–H and O–H groups in total. The second kappa shape index (κ2) is 7.96. The Bertz CT molecular complexity index is 1350. The number of benzene rings is 1. The van der Waals surface area contributed by atoms with Gasteiger partial charge in [-0.05, 0) is 30.2 Å². The second-order valence-corrected chi connectivity index (χ2v) is 8.31. The quantitative estimate of drug-likeness (QED) is 0.527. The number of aromatic nitrogens is 4. The van der Waals surface area contributed by atoms with E-state index in [-0.39, 0.29) is 17.4 Å². The molecular formula is C24H24N6O2. The van der Waals surface area contributed by atoms with Crippen LogP contribution in [0.25, 0.3) is 16.6 Å². The Balaban J connectivity index is 1.28. The summed E-state index contributed by atoms with van der Waals surface area (Å²) in [5, 5.41) is 7.36. The standard InChI is InChI=1S/C24H24N6O2/c1-16-3-5-17(6-4-16)10-25-24(32)20-12-29(13-20)23-21-9-19(14-30(21)27-15-26-23)18-7-8-22(31)28(2)11-18/h3-9,11,14-15,20H,10,12-13H2,1-2H3,(H,25,32). The van der Waals surface area contributed by atoms with Gasteiger partial charge in [-0.1, -0.05) is 29.8 Å². The van der Waals surface area contributed by atoms with Crippen molar-refractivity contribution in [1.82, 2.24) is 24.5 Å². The number of pyridine rings is 1. The van der Waals surface area contributed by atoms with Crippen LogP contribution in [0.3, 0.4) is 0 Å². The molecule has 1 saturated heterocycles. The number of fused-ring (bicyclic) bond motifs is 1. The fraction of sp³-hybridized carbons (Fsp3) is 0.250. The van der Waals surface area contributed by atoms with Crippen LogP contribution in [0.1, 0.15) is 11.1 Å². The highest BCUT2D eigenvalue weighted by molar-refractivity contribution is 5.84. The van der Waals surface area contributed by atoms with Crippen molar-refractivity contribution in [3.63, 3.8) is 0 Å². The van der Waals surface area contributed by atoms with Gasteiger partial charge in [0.2, 0.25) is 11.5 Å². The van der Waals surface area contributed by atoms with Gasteiger partial charge < -0.3 is 14.8 Å². The number of rotatable bonds is 5. The molecule has 1 aliphatic heterocycles. The van der Waals surface area contributed by atoms with Crippen LogP contribution in [0.5, 0.6) is 0 Å². The van der Waals surface area contributed by atoms with Gasteiger partial charge in [-0.25, -0.2) is 9.50 Å². The highest BCUT2D eigenvalue weighted by Gasteiger charge is 2.34. The Morgan fingerprint density at radius 1 is 1.09 bits per heavy atom. The lowest BCUT2D eigenvalue weighted by Crippen LogP contribution is -2.54. The van der Waals surface area contributed by atoms with Gasteiger partial charge in [0, 0.05) is 50.7 Å². The largest absolute Gasteiger partial charge is 0.353 e. The first-order valence-corrected chi connectivity index (χ1v) is 10.6. The molecule has 5 rings (SSSR count).